The van der Waals surface area contributed by atoms with E-state index in [4.69, 9.17) is 6.52 Å². The van der Waals surface area contributed by atoms with Crippen molar-refractivity contribution in [3.63, 3.8) is 0 Å². The van der Waals surface area contributed by atoms with Crippen LogP contribution in [0, 0.1) is 0 Å². The number of carbonyl (C=O) groups is 2. The molecule has 0 spiro atoms. The van der Waals surface area contributed by atoms with Crippen LogP contribution in [0.25, 0.3) is 0 Å². The van der Waals surface area contributed by atoms with Crippen molar-refractivity contribution in [2.45, 2.75) is 25.9 Å². The number of aliphatic carboxylic acids is 1. The predicted octanol–water partition coefficient (Wildman–Crippen LogP) is -1.08. The number of carbonyl (C=O) groups excluding carboxylic acids is 1. The fourth-order valence-corrected chi connectivity index (χ4v) is 0.400. The molecule has 5 nitrogen and oxygen atoms in total. The topological polar surface area (TPSA) is 92.4 Å². The molecule has 0 aromatic heterocycles. The van der Waals surface area contributed by atoms with Crippen molar-refractivity contribution in [3.8, 4) is 0 Å². The van der Waals surface area contributed by atoms with Crippen LogP contribution in [0.3, 0.4) is 0 Å². The number of amides is 1. The van der Waals surface area contributed by atoms with Crippen molar-refractivity contribution < 1.29 is 16.1 Å². The Kier molecular flexibility index (Phi) is 2.85. The molecule has 0 radical (unpaired) electrons. The summed E-state index contributed by atoms with van der Waals surface area (Å²) < 4.78 is 6.63. The molecule has 0 fully saturated rings. The van der Waals surface area contributed by atoms with Crippen LogP contribution < -0.4 is 11.0 Å². The van der Waals surface area contributed by atoms with Gasteiger partial charge in [-0.2, -0.15) is 0 Å². The Morgan fingerprint density at radius 3 is 2.55 bits per heavy atom. The van der Waals surface area contributed by atoms with E-state index < -0.39 is 24.0 Å². The van der Waals surface area contributed by atoms with E-state index in [1.807, 2.05) is 5.73 Å². The van der Waals surface area contributed by atoms with Crippen molar-refractivity contribution in [2.24, 2.45) is 5.73 Å². The molecular formula is C6H12N2O3. The highest BCUT2D eigenvalue weighted by molar-refractivity contribution is 5.86. The van der Waals surface area contributed by atoms with Gasteiger partial charge in [-0.3, -0.25) is 9.59 Å². The summed E-state index contributed by atoms with van der Waals surface area (Å²) in [7, 11) is 0. The van der Waals surface area contributed by atoms with E-state index in [9.17, 15) is 9.59 Å². The van der Waals surface area contributed by atoms with Crippen LogP contribution in [-0.2, 0) is 9.59 Å². The lowest BCUT2D eigenvalue weighted by atomic mass is 10.3. The molecule has 11 heavy (non-hydrogen) atoms. The van der Waals surface area contributed by atoms with E-state index in [0.717, 1.165) is 0 Å². The molecule has 0 aliphatic rings. The van der Waals surface area contributed by atoms with Gasteiger partial charge in [0, 0.05) is 0 Å². The van der Waals surface area contributed by atoms with Gasteiger partial charge < -0.3 is 16.2 Å². The van der Waals surface area contributed by atoms with E-state index in [-0.39, 0.29) is 0 Å². The second-order valence-electron chi connectivity index (χ2n) is 2.29. The molecule has 0 bridgehead atoms. The summed E-state index contributed by atoms with van der Waals surface area (Å²) in [6.07, 6.45) is 0. The van der Waals surface area contributed by atoms with Gasteiger partial charge in [-0.1, -0.05) is 0 Å². The maximum Gasteiger partial charge on any atom is 0.325 e. The fraction of sp³-hybridized carbons (Fsp3) is 0.667. The molecule has 1 amide bonds. The summed E-state index contributed by atoms with van der Waals surface area (Å²) in [4.78, 5) is 21.2. The number of carboxylic acids is 1. The van der Waals surface area contributed by atoms with E-state index in [1.54, 1.807) is 0 Å². The Labute approximate surface area is 66.0 Å². The van der Waals surface area contributed by atoms with Gasteiger partial charge in [0.1, 0.15) is 7.45 Å². The lowest BCUT2D eigenvalue weighted by Crippen LogP contribution is -2.45. The normalized spacial score (nSPS) is 16.4. The van der Waals surface area contributed by atoms with Gasteiger partial charge in [-0.25, -0.2) is 0 Å². The SMILES string of the molecule is [2H]N[C@H](C)C(=O)N[C@H](C)C(=O)O. The molecule has 64 valence electrons. The molecule has 0 heterocycles. The Morgan fingerprint density at radius 2 is 2.18 bits per heavy atom. The lowest BCUT2D eigenvalue weighted by Gasteiger charge is -2.10. The summed E-state index contributed by atoms with van der Waals surface area (Å²) in [5.74, 6) is -1.60. The molecule has 0 saturated carbocycles. The largest absolute Gasteiger partial charge is 0.480 e. The minimum atomic E-state index is -1.10. The molecule has 0 aromatic rings. The summed E-state index contributed by atoms with van der Waals surface area (Å²) in [5, 5.41) is 10.6. The minimum Gasteiger partial charge on any atom is -0.480 e. The fourth-order valence-electron chi connectivity index (χ4n) is 0.400. The number of hydrogen-bond donors (Lipinski definition) is 3. The highest BCUT2D eigenvalue weighted by atomic mass is 16.4. The molecule has 0 unspecified atom stereocenters. The van der Waals surface area contributed by atoms with Gasteiger partial charge in [0.2, 0.25) is 5.91 Å². The van der Waals surface area contributed by atoms with E-state index >= 15 is 0 Å². The van der Waals surface area contributed by atoms with Crippen molar-refractivity contribution in [3.05, 3.63) is 0 Å². The molecule has 0 aliphatic carbocycles. The first-order valence-corrected chi connectivity index (χ1v) is 3.19. The van der Waals surface area contributed by atoms with Crippen LogP contribution in [0.4, 0.5) is 0 Å². The molecule has 5 heteroatoms. The van der Waals surface area contributed by atoms with Gasteiger partial charge in [0.15, 0.2) is 0 Å². The zero-order valence-corrected chi connectivity index (χ0v) is 6.42. The zero-order valence-electron chi connectivity index (χ0n) is 7.42. The van der Waals surface area contributed by atoms with E-state index in [0.29, 0.717) is 0 Å². The molecule has 2 atom stereocenters. The number of nitrogens with one attached hydrogen (secondary N) is 1. The number of nitrogens with two attached hydrogens (primary N) is 1. The summed E-state index contributed by atoms with van der Waals surface area (Å²) in [6, 6.07) is -1.62. The monoisotopic (exact) mass is 161 g/mol. The number of rotatable bonds is 4. The van der Waals surface area contributed by atoms with Crippen LogP contribution in [0.5, 0.6) is 0 Å². The molecule has 0 aliphatic heterocycles. The Balaban J connectivity index is 3.92. The van der Waals surface area contributed by atoms with Gasteiger partial charge in [0.25, 0.3) is 0 Å². The van der Waals surface area contributed by atoms with Crippen LogP contribution in [-0.4, -0.2) is 29.1 Å². The van der Waals surface area contributed by atoms with Crippen LogP contribution in [0.2, 0.25) is 1.41 Å². The maximum atomic E-state index is 10.9. The van der Waals surface area contributed by atoms with Crippen molar-refractivity contribution in [1.82, 2.24) is 5.32 Å². The Bertz CT molecular complexity index is 186. The molecule has 0 rings (SSSR count). The minimum absolute atomic E-state index is 0.500. The van der Waals surface area contributed by atoms with Crippen molar-refractivity contribution in [1.29, 1.82) is 0 Å². The predicted molar refractivity (Wildman–Crippen MR) is 38.9 cm³/mol. The first kappa shape index (κ1) is 8.00. The van der Waals surface area contributed by atoms with Crippen LogP contribution in [0.15, 0.2) is 0 Å². The number of hydrogen-bond acceptors (Lipinski definition) is 3. The van der Waals surface area contributed by atoms with Crippen molar-refractivity contribution >= 4 is 11.9 Å². The second kappa shape index (κ2) is 3.92. The van der Waals surface area contributed by atoms with Crippen LogP contribution >= 0.6 is 0 Å². The smallest absolute Gasteiger partial charge is 0.325 e. The Hall–Kier alpha value is -1.10. The molecular weight excluding hydrogens is 148 g/mol. The third kappa shape index (κ3) is 3.57. The van der Waals surface area contributed by atoms with Crippen molar-refractivity contribution in [2.75, 3.05) is 0 Å². The lowest BCUT2D eigenvalue weighted by molar-refractivity contribution is -0.141. The second-order valence-corrected chi connectivity index (χ2v) is 2.29. The molecule has 4 N–H and O–H groups in total. The average molecular weight is 161 g/mol. The molecule has 0 saturated heterocycles. The number of carboxylic acid groups (broad SMARTS) is 1. The van der Waals surface area contributed by atoms with Gasteiger partial charge in [-0.05, 0) is 13.8 Å². The highest BCUT2D eigenvalue weighted by Crippen LogP contribution is 1.83. The maximum absolute atomic E-state index is 10.9. The van der Waals surface area contributed by atoms with E-state index in [1.165, 1.54) is 13.8 Å². The van der Waals surface area contributed by atoms with Gasteiger partial charge in [0.05, 0.1) is 6.04 Å². The third-order valence-corrected chi connectivity index (χ3v) is 1.12. The summed E-state index contributed by atoms with van der Waals surface area (Å²) in [6.45, 7) is 2.83. The van der Waals surface area contributed by atoms with Crippen LogP contribution in [0.1, 0.15) is 13.8 Å². The third-order valence-electron chi connectivity index (χ3n) is 1.12. The summed E-state index contributed by atoms with van der Waals surface area (Å²) in [5.41, 5.74) is 1.95. The first-order valence-electron chi connectivity index (χ1n) is 3.69. The highest BCUT2D eigenvalue weighted by Gasteiger charge is 2.15. The zero-order chi connectivity index (χ0) is 9.72. The summed E-state index contributed by atoms with van der Waals surface area (Å²) >= 11 is 0. The van der Waals surface area contributed by atoms with E-state index in [2.05, 4.69) is 5.32 Å². The average Bonchev–Trinajstić information content (AvgIpc) is 2.02. The quantitative estimate of drug-likeness (QED) is 0.489. The Morgan fingerprint density at radius 1 is 1.64 bits per heavy atom. The molecule has 0 aromatic carbocycles. The van der Waals surface area contributed by atoms with Gasteiger partial charge >= 0.3 is 5.97 Å². The van der Waals surface area contributed by atoms with Gasteiger partial charge in [-0.15, -0.1) is 0 Å². The standard InChI is InChI=1S/C6H12N2O3/c1-3(7)5(9)8-4(2)6(10)11/h3-4H,7H2,1-2H3,(H,8,9)(H,10,11)/t3-,4-/m1/s1/i/hD. The first-order chi connectivity index (χ1) is 5.49.